The molecule has 0 aliphatic carbocycles. The summed E-state index contributed by atoms with van der Waals surface area (Å²) in [5.74, 6) is -0.277. The molecular formula is C10H9NOS. The molecule has 0 unspecified atom stereocenters. The minimum atomic E-state index is -0.277. The van der Waals surface area contributed by atoms with E-state index < -0.39 is 0 Å². The lowest BCUT2D eigenvalue weighted by molar-refractivity contribution is -0.117. The quantitative estimate of drug-likeness (QED) is 0.774. The second-order valence-corrected chi connectivity index (χ2v) is 3.82. The van der Waals surface area contributed by atoms with E-state index in [9.17, 15) is 4.79 Å². The van der Waals surface area contributed by atoms with Gasteiger partial charge in [0.15, 0.2) is 0 Å². The molecule has 1 aromatic carbocycles. The molecule has 0 radical (unpaired) electrons. The van der Waals surface area contributed by atoms with E-state index in [-0.39, 0.29) is 5.91 Å². The minimum absolute atomic E-state index is 0.277. The Morgan fingerprint density at radius 1 is 1.38 bits per heavy atom. The van der Waals surface area contributed by atoms with Crippen LogP contribution in [0.15, 0.2) is 29.6 Å². The number of carbonyl (C=O) groups excluding carboxylic acids is 1. The first-order chi connectivity index (χ1) is 6.27. The molecule has 1 heterocycles. The fourth-order valence-corrected chi connectivity index (χ4v) is 2.30. The molecule has 2 N–H and O–H groups in total. The molecular weight excluding hydrogens is 182 g/mol. The molecule has 2 rings (SSSR count). The Morgan fingerprint density at radius 2 is 2.23 bits per heavy atom. The van der Waals surface area contributed by atoms with Gasteiger partial charge in [-0.1, -0.05) is 18.2 Å². The summed E-state index contributed by atoms with van der Waals surface area (Å²) in [4.78, 5) is 10.8. The van der Waals surface area contributed by atoms with Crippen molar-refractivity contribution in [3.05, 3.63) is 35.2 Å². The number of benzene rings is 1. The summed E-state index contributed by atoms with van der Waals surface area (Å²) in [6, 6.07) is 7.98. The smallest absolute Gasteiger partial charge is 0.221 e. The van der Waals surface area contributed by atoms with Crippen molar-refractivity contribution < 1.29 is 4.79 Å². The molecule has 1 aromatic heterocycles. The summed E-state index contributed by atoms with van der Waals surface area (Å²) in [6.45, 7) is 0. The number of primary amides is 1. The lowest BCUT2D eigenvalue weighted by Crippen LogP contribution is -2.13. The van der Waals surface area contributed by atoms with Gasteiger partial charge in [-0.3, -0.25) is 4.79 Å². The van der Waals surface area contributed by atoms with Crippen LogP contribution in [-0.2, 0) is 11.2 Å². The average molecular weight is 191 g/mol. The van der Waals surface area contributed by atoms with Gasteiger partial charge >= 0.3 is 0 Å². The van der Waals surface area contributed by atoms with Gasteiger partial charge in [0.05, 0.1) is 6.42 Å². The number of hydrogen-bond acceptors (Lipinski definition) is 2. The van der Waals surface area contributed by atoms with Crippen molar-refractivity contribution in [3.63, 3.8) is 0 Å². The van der Waals surface area contributed by atoms with E-state index in [0.29, 0.717) is 6.42 Å². The van der Waals surface area contributed by atoms with Crippen molar-refractivity contribution in [2.24, 2.45) is 5.73 Å². The van der Waals surface area contributed by atoms with E-state index in [1.165, 1.54) is 10.1 Å². The Balaban J connectivity index is 2.54. The number of rotatable bonds is 2. The van der Waals surface area contributed by atoms with Crippen LogP contribution in [0.25, 0.3) is 10.1 Å². The van der Waals surface area contributed by atoms with E-state index in [1.807, 2.05) is 29.6 Å². The number of hydrogen-bond donors (Lipinski definition) is 1. The van der Waals surface area contributed by atoms with Crippen LogP contribution in [0.2, 0.25) is 0 Å². The van der Waals surface area contributed by atoms with Crippen LogP contribution in [0.3, 0.4) is 0 Å². The maximum Gasteiger partial charge on any atom is 0.221 e. The van der Waals surface area contributed by atoms with Crippen molar-refractivity contribution in [3.8, 4) is 0 Å². The van der Waals surface area contributed by atoms with Crippen molar-refractivity contribution in [2.75, 3.05) is 0 Å². The number of carbonyl (C=O) groups is 1. The summed E-state index contributed by atoms with van der Waals surface area (Å²) >= 11 is 1.65. The molecule has 0 fully saturated rings. The zero-order valence-electron chi connectivity index (χ0n) is 6.99. The molecule has 2 nitrogen and oxygen atoms in total. The van der Waals surface area contributed by atoms with E-state index in [2.05, 4.69) is 0 Å². The largest absolute Gasteiger partial charge is 0.369 e. The highest BCUT2D eigenvalue weighted by molar-refractivity contribution is 7.17. The maximum absolute atomic E-state index is 10.8. The fourth-order valence-electron chi connectivity index (χ4n) is 1.38. The second kappa shape index (κ2) is 3.18. The maximum atomic E-state index is 10.8. The SMILES string of the molecule is NC(=O)Cc1cccc2ccsc12. The van der Waals surface area contributed by atoms with Crippen LogP contribution in [0, 0.1) is 0 Å². The molecule has 0 saturated carbocycles. The van der Waals surface area contributed by atoms with Crippen LogP contribution >= 0.6 is 11.3 Å². The molecule has 0 saturated heterocycles. The Bertz CT molecular complexity index is 447. The molecule has 1 amide bonds. The van der Waals surface area contributed by atoms with Gasteiger partial charge in [-0.2, -0.15) is 0 Å². The van der Waals surface area contributed by atoms with E-state index in [4.69, 9.17) is 5.73 Å². The standard InChI is InChI=1S/C10H9NOS/c11-9(12)6-8-3-1-2-7-4-5-13-10(7)8/h1-5H,6H2,(H2,11,12). The third kappa shape index (κ3) is 1.55. The predicted molar refractivity (Wildman–Crippen MR) is 54.7 cm³/mol. The van der Waals surface area contributed by atoms with Gasteiger partial charge in [0.2, 0.25) is 5.91 Å². The fraction of sp³-hybridized carbons (Fsp3) is 0.100. The van der Waals surface area contributed by atoms with Crippen LogP contribution in [0.1, 0.15) is 5.56 Å². The lowest BCUT2D eigenvalue weighted by atomic mass is 10.1. The molecule has 0 spiro atoms. The van der Waals surface area contributed by atoms with Crippen molar-refractivity contribution in [1.82, 2.24) is 0 Å². The molecule has 13 heavy (non-hydrogen) atoms. The molecule has 0 bridgehead atoms. The van der Waals surface area contributed by atoms with Gasteiger partial charge in [-0.15, -0.1) is 11.3 Å². The zero-order chi connectivity index (χ0) is 9.26. The third-order valence-electron chi connectivity index (χ3n) is 1.93. The summed E-state index contributed by atoms with van der Waals surface area (Å²) in [5.41, 5.74) is 6.18. The number of thiophene rings is 1. The summed E-state index contributed by atoms with van der Waals surface area (Å²) in [5, 5.41) is 3.21. The van der Waals surface area contributed by atoms with Gasteiger partial charge in [-0.25, -0.2) is 0 Å². The minimum Gasteiger partial charge on any atom is -0.369 e. The number of fused-ring (bicyclic) bond motifs is 1. The van der Waals surface area contributed by atoms with Gasteiger partial charge in [0, 0.05) is 4.70 Å². The van der Waals surface area contributed by atoms with Crippen LogP contribution in [0.5, 0.6) is 0 Å². The number of nitrogens with two attached hydrogens (primary N) is 1. The predicted octanol–water partition coefficient (Wildman–Crippen LogP) is 1.93. The summed E-state index contributed by atoms with van der Waals surface area (Å²) in [7, 11) is 0. The van der Waals surface area contributed by atoms with E-state index in [1.54, 1.807) is 11.3 Å². The Hall–Kier alpha value is -1.35. The molecule has 0 aliphatic heterocycles. The normalized spacial score (nSPS) is 10.5. The summed E-state index contributed by atoms with van der Waals surface area (Å²) < 4.78 is 1.17. The van der Waals surface area contributed by atoms with Gasteiger partial charge < -0.3 is 5.73 Å². The van der Waals surface area contributed by atoms with Gasteiger partial charge in [-0.05, 0) is 22.4 Å². The van der Waals surface area contributed by atoms with Crippen molar-refractivity contribution in [2.45, 2.75) is 6.42 Å². The van der Waals surface area contributed by atoms with E-state index in [0.717, 1.165) is 5.56 Å². The lowest BCUT2D eigenvalue weighted by Gasteiger charge is -1.98. The van der Waals surface area contributed by atoms with Crippen molar-refractivity contribution in [1.29, 1.82) is 0 Å². The highest BCUT2D eigenvalue weighted by Crippen LogP contribution is 2.24. The monoisotopic (exact) mass is 191 g/mol. The molecule has 0 atom stereocenters. The molecule has 0 aliphatic rings. The van der Waals surface area contributed by atoms with Crippen LogP contribution in [0.4, 0.5) is 0 Å². The molecule has 3 heteroatoms. The third-order valence-corrected chi connectivity index (χ3v) is 2.93. The Kier molecular flexibility index (Phi) is 2.02. The van der Waals surface area contributed by atoms with E-state index >= 15 is 0 Å². The zero-order valence-corrected chi connectivity index (χ0v) is 7.80. The first kappa shape index (κ1) is 8.26. The van der Waals surface area contributed by atoms with Crippen LogP contribution in [-0.4, -0.2) is 5.91 Å². The first-order valence-electron chi connectivity index (χ1n) is 4.01. The van der Waals surface area contributed by atoms with Crippen molar-refractivity contribution >= 4 is 27.3 Å². The topological polar surface area (TPSA) is 43.1 Å². The highest BCUT2D eigenvalue weighted by atomic mass is 32.1. The Morgan fingerprint density at radius 3 is 3.00 bits per heavy atom. The number of amides is 1. The van der Waals surface area contributed by atoms with Gasteiger partial charge in [0.1, 0.15) is 0 Å². The first-order valence-corrected chi connectivity index (χ1v) is 4.89. The molecule has 2 aromatic rings. The van der Waals surface area contributed by atoms with Gasteiger partial charge in [0.25, 0.3) is 0 Å². The second-order valence-electron chi connectivity index (χ2n) is 2.90. The molecule has 66 valence electrons. The Labute approximate surface area is 80.0 Å². The average Bonchev–Trinajstić information content (AvgIpc) is 2.51. The van der Waals surface area contributed by atoms with Crippen LogP contribution < -0.4 is 5.73 Å². The summed E-state index contributed by atoms with van der Waals surface area (Å²) in [6.07, 6.45) is 0.331. The highest BCUT2D eigenvalue weighted by Gasteiger charge is 2.04.